The van der Waals surface area contributed by atoms with Gasteiger partial charge < -0.3 is 15.8 Å². The maximum absolute atomic E-state index is 11.2. The first-order valence-corrected chi connectivity index (χ1v) is 8.53. The molecular weight excluding hydrogens is 334 g/mol. The van der Waals surface area contributed by atoms with Crippen LogP contribution in [0.25, 0.3) is 32.7 Å². The topological polar surface area (TPSA) is 92.0 Å². The van der Waals surface area contributed by atoms with E-state index in [9.17, 15) is 9.90 Å². The Bertz CT molecular complexity index is 1100. The third kappa shape index (κ3) is 2.66. The van der Waals surface area contributed by atoms with Gasteiger partial charge in [-0.15, -0.1) is 11.3 Å². The Morgan fingerprint density at radius 1 is 1.16 bits per heavy atom. The third-order valence-corrected chi connectivity index (χ3v) is 5.28. The van der Waals surface area contributed by atoms with Crippen molar-refractivity contribution in [2.45, 2.75) is 6.92 Å². The van der Waals surface area contributed by atoms with Crippen molar-refractivity contribution in [3.8, 4) is 21.8 Å². The largest absolute Gasteiger partial charge is 0.477 e. The Morgan fingerprint density at radius 3 is 2.60 bits per heavy atom. The van der Waals surface area contributed by atoms with Gasteiger partial charge in [0.15, 0.2) is 0 Å². The molecule has 0 aliphatic heterocycles. The first-order valence-electron chi connectivity index (χ1n) is 7.71. The molecular formula is C19H15N3O2S. The van der Waals surface area contributed by atoms with Gasteiger partial charge in [0.2, 0.25) is 0 Å². The standard InChI is InChI=1S/C19H15N3O2S/c1-10-17(19(23)24)25-18(21-10)13-7-12-9-15(11-5-3-2-4-6-11)22-16(12)14(20)8-13/h2-9,22H,20H2,1H3,(H,23,24). The van der Waals surface area contributed by atoms with Gasteiger partial charge in [0, 0.05) is 16.6 Å². The van der Waals surface area contributed by atoms with Crippen LogP contribution in [0.5, 0.6) is 0 Å². The minimum absolute atomic E-state index is 0.257. The summed E-state index contributed by atoms with van der Waals surface area (Å²) in [4.78, 5) is 19.2. The second-order valence-corrected chi connectivity index (χ2v) is 6.82. The molecule has 2 aromatic carbocycles. The van der Waals surface area contributed by atoms with Gasteiger partial charge in [0.05, 0.1) is 16.9 Å². The highest BCUT2D eigenvalue weighted by Gasteiger charge is 2.16. The van der Waals surface area contributed by atoms with Crippen LogP contribution in [0, 0.1) is 6.92 Å². The fraction of sp³-hybridized carbons (Fsp3) is 0.0526. The molecule has 0 aliphatic rings. The second kappa shape index (κ2) is 5.75. The summed E-state index contributed by atoms with van der Waals surface area (Å²) in [7, 11) is 0. The number of aromatic nitrogens is 2. The number of hydrogen-bond donors (Lipinski definition) is 3. The van der Waals surface area contributed by atoms with Crippen molar-refractivity contribution in [3.63, 3.8) is 0 Å². The number of nitrogen functional groups attached to an aromatic ring is 1. The van der Waals surface area contributed by atoms with Crippen LogP contribution in [-0.2, 0) is 0 Å². The molecule has 0 saturated heterocycles. The number of aromatic amines is 1. The van der Waals surface area contributed by atoms with E-state index in [0.717, 1.165) is 39.1 Å². The van der Waals surface area contributed by atoms with Crippen LogP contribution in [0.4, 0.5) is 5.69 Å². The Labute approximate surface area is 147 Å². The highest BCUT2D eigenvalue weighted by atomic mass is 32.1. The highest BCUT2D eigenvalue weighted by molar-refractivity contribution is 7.17. The van der Waals surface area contributed by atoms with Crippen LogP contribution in [0.2, 0.25) is 0 Å². The van der Waals surface area contributed by atoms with Crippen molar-refractivity contribution >= 4 is 33.9 Å². The van der Waals surface area contributed by atoms with Gasteiger partial charge in [-0.2, -0.15) is 0 Å². The van der Waals surface area contributed by atoms with Crippen LogP contribution in [0.3, 0.4) is 0 Å². The number of nitrogens with one attached hydrogen (secondary N) is 1. The number of rotatable bonds is 3. The summed E-state index contributed by atoms with van der Waals surface area (Å²) in [5.41, 5.74) is 11.1. The summed E-state index contributed by atoms with van der Waals surface area (Å²) in [6, 6.07) is 15.9. The van der Waals surface area contributed by atoms with E-state index in [2.05, 4.69) is 9.97 Å². The first kappa shape index (κ1) is 15.4. The zero-order valence-corrected chi connectivity index (χ0v) is 14.2. The number of H-pyrrole nitrogens is 1. The van der Waals surface area contributed by atoms with Gasteiger partial charge in [-0.3, -0.25) is 0 Å². The summed E-state index contributed by atoms with van der Waals surface area (Å²) in [6.45, 7) is 1.70. The number of nitrogens with two attached hydrogens (primary N) is 1. The van der Waals surface area contributed by atoms with Gasteiger partial charge in [0.1, 0.15) is 9.88 Å². The van der Waals surface area contributed by atoms with E-state index in [1.54, 1.807) is 6.92 Å². The van der Waals surface area contributed by atoms with Gasteiger partial charge in [-0.1, -0.05) is 30.3 Å². The molecule has 0 atom stereocenters. The molecule has 4 N–H and O–H groups in total. The highest BCUT2D eigenvalue weighted by Crippen LogP contribution is 2.34. The summed E-state index contributed by atoms with van der Waals surface area (Å²) in [6.07, 6.45) is 0. The Hall–Kier alpha value is -3.12. The number of aryl methyl sites for hydroxylation is 1. The molecule has 5 nitrogen and oxygen atoms in total. The van der Waals surface area contributed by atoms with Crippen LogP contribution in [0.1, 0.15) is 15.4 Å². The van der Waals surface area contributed by atoms with E-state index in [1.807, 2.05) is 48.5 Å². The Balaban J connectivity index is 1.84. The third-order valence-electron chi connectivity index (χ3n) is 4.08. The number of anilines is 1. The van der Waals surface area contributed by atoms with Crippen LogP contribution >= 0.6 is 11.3 Å². The van der Waals surface area contributed by atoms with Crippen molar-refractivity contribution < 1.29 is 9.90 Å². The molecule has 0 saturated carbocycles. The summed E-state index contributed by atoms with van der Waals surface area (Å²) < 4.78 is 0. The molecule has 2 heterocycles. The maximum atomic E-state index is 11.2. The number of fused-ring (bicyclic) bond motifs is 1. The molecule has 0 amide bonds. The normalized spacial score (nSPS) is 11.1. The average Bonchev–Trinajstić information content (AvgIpc) is 3.19. The predicted molar refractivity (Wildman–Crippen MR) is 101 cm³/mol. The number of carboxylic acid groups (broad SMARTS) is 1. The van der Waals surface area contributed by atoms with Crippen molar-refractivity contribution in [1.82, 2.24) is 9.97 Å². The average molecular weight is 349 g/mol. The van der Waals surface area contributed by atoms with Gasteiger partial charge >= 0.3 is 5.97 Å². The minimum atomic E-state index is -0.955. The lowest BCUT2D eigenvalue weighted by Crippen LogP contribution is -1.94. The number of thiazole rings is 1. The molecule has 0 aliphatic carbocycles. The molecule has 0 unspecified atom stereocenters. The van der Waals surface area contributed by atoms with Crippen LogP contribution < -0.4 is 5.73 Å². The molecule has 4 rings (SSSR count). The van der Waals surface area contributed by atoms with Crippen molar-refractivity contribution in [3.05, 3.63) is 59.1 Å². The Kier molecular flexibility index (Phi) is 3.54. The minimum Gasteiger partial charge on any atom is -0.477 e. The summed E-state index contributed by atoms with van der Waals surface area (Å²) >= 11 is 1.16. The number of carboxylic acids is 1. The zero-order valence-electron chi connectivity index (χ0n) is 13.4. The van der Waals surface area contributed by atoms with Crippen molar-refractivity contribution in [2.24, 2.45) is 0 Å². The number of carbonyl (C=O) groups is 1. The molecule has 124 valence electrons. The van der Waals surface area contributed by atoms with Crippen LogP contribution in [0.15, 0.2) is 48.5 Å². The lowest BCUT2D eigenvalue weighted by atomic mass is 10.1. The van der Waals surface area contributed by atoms with E-state index < -0.39 is 5.97 Å². The van der Waals surface area contributed by atoms with E-state index in [0.29, 0.717) is 16.4 Å². The van der Waals surface area contributed by atoms with Crippen molar-refractivity contribution in [1.29, 1.82) is 0 Å². The number of aromatic carboxylic acids is 1. The lowest BCUT2D eigenvalue weighted by molar-refractivity contribution is 0.0701. The van der Waals surface area contributed by atoms with Gasteiger partial charge in [0.25, 0.3) is 0 Å². The quantitative estimate of drug-likeness (QED) is 0.473. The number of benzene rings is 2. The van der Waals surface area contributed by atoms with E-state index in [-0.39, 0.29) is 4.88 Å². The van der Waals surface area contributed by atoms with E-state index >= 15 is 0 Å². The molecule has 25 heavy (non-hydrogen) atoms. The number of hydrogen-bond acceptors (Lipinski definition) is 4. The maximum Gasteiger partial charge on any atom is 0.347 e. The van der Waals surface area contributed by atoms with Crippen molar-refractivity contribution in [2.75, 3.05) is 5.73 Å². The molecule has 6 heteroatoms. The van der Waals surface area contributed by atoms with Gasteiger partial charge in [-0.05, 0) is 30.7 Å². The fourth-order valence-corrected chi connectivity index (χ4v) is 3.78. The molecule has 0 radical (unpaired) electrons. The lowest BCUT2D eigenvalue weighted by Gasteiger charge is -2.01. The zero-order chi connectivity index (χ0) is 17.6. The molecule has 0 fully saturated rings. The predicted octanol–water partition coefficient (Wildman–Crippen LogP) is 4.55. The van der Waals surface area contributed by atoms with Gasteiger partial charge in [-0.25, -0.2) is 9.78 Å². The Morgan fingerprint density at radius 2 is 1.92 bits per heavy atom. The molecule has 0 bridgehead atoms. The summed E-state index contributed by atoms with van der Waals surface area (Å²) in [5, 5.41) is 10.9. The molecule has 0 spiro atoms. The van der Waals surface area contributed by atoms with E-state index in [4.69, 9.17) is 5.73 Å². The molecule has 2 aromatic heterocycles. The second-order valence-electron chi connectivity index (χ2n) is 5.82. The smallest absolute Gasteiger partial charge is 0.347 e. The first-order chi connectivity index (χ1) is 12.0. The molecule has 4 aromatic rings. The summed E-state index contributed by atoms with van der Waals surface area (Å²) in [5.74, 6) is -0.955. The SMILES string of the molecule is Cc1nc(-c2cc(N)c3[nH]c(-c4ccccc4)cc3c2)sc1C(=O)O. The van der Waals surface area contributed by atoms with Crippen LogP contribution in [-0.4, -0.2) is 21.0 Å². The monoisotopic (exact) mass is 349 g/mol. The number of nitrogens with zero attached hydrogens (tertiary/aromatic N) is 1. The fourth-order valence-electron chi connectivity index (χ4n) is 2.89. The van der Waals surface area contributed by atoms with E-state index in [1.165, 1.54) is 0 Å².